The third-order valence-corrected chi connectivity index (χ3v) is 3.17. The summed E-state index contributed by atoms with van der Waals surface area (Å²) in [7, 11) is 3.15. The van der Waals surface area contributed by atoms with E-state index in [2.05, 4.69) is 5.10 Å². The molecular formula is C14H15ClN2O3. The Morgan fingerprint density at radius 2 is 2.00 bits per heavy atom. The maximum atomic E-state index is 11.7. The third kappa shape index (κ3) is 2.63. The molecule has 20 heavy (non-hydrogen) atoms. The van der Waals surface area contributed by atoms with Gasteiger partial charge in [0.2, 0.25) is 5.43 Å². The van der Waals surface area contributed by atoms with E-state index in [-0.39, 0.29) is 11.3 Å². The van der Waals surface area contributed by atoms with Crippen LogP contribution >= 0.6 is 11.6 Å². The molecule has 2 rings (SSSR count). The van der Waals surface area contributed by atoms with Crippen molar-refractivity contribution in [3.8, 4) is 17.2 Å². The van der Waals surface area contributed by atoms with E-state index in [4.69, 9.17) is 21.1 Å². The van der Waals surface area contributed by atoms with Gasteiger partial charge in [-0.1, -0.05) is 0 Å². The fourth-order valence-corrected chi connectivity index (χ4v) is 2.06. The predicted molar refractivity (Wildman–Crippen MR) is 77.2 cm³/mol. The molecule has 6 heteroatoms. The van der Waals surface area contributed by atoms with Gasteiger partial charge in [-0.15, -0.1) is 11.6 Å². The maximum Gasteiger partial charge on any atom is 0.204 e. The third-order valence-electron chi connectivity index (χ3n) is 2.92. The Morgan fingerprint density at radius 3 is 2.60 bits per heavy atom. The fraction of sp³-hybridized carbons (Fsp3) is 0.286. The molecule has 1 aromatic heterocycles. The van der Waals surface area contributed by atoms with Crippen LogP contribution in [0.2, 0.25) is 0 Å². The van der Waals surface area contributed by atoms with Gasteiger partial charge in [-0.3, -0.25) is 4.79 Å². The minimum absolute atomic E-state index is 0.0670. The Bertz CT molecular complexity index is 683. The van der Waals surface area contributed by atoms with Crippen LogP contribution in [0.1, 0.15) is 11.4 Å². The normalized spacial score (nSPS) is 10.4. The van der Waals surface area contributed by atoms with E-state index in [0.29, 0.717) is 22.9 Å². The van der Waals surface area contributed by atoms with E-state index in [1.54, 1.807) is 38.0 Å². The lowest BCUT2D eigenvalue weighted by atomic mass is 10.2. The van der Waals surface area contributed by atoms with Crippen molar-refractivity contribution in [3.63, 3.8) is 0 Å². The molecule has 0 saturated heterocycles. The molecule has 0 saturated carbocycles. The number of nitrogens with zero attached hydrogens (tertiary/aromatic N) is 2. The Hall–Kier alpha value is -2.01. The first-order valence-corrected chi connectivity index (χ1v) is 6.52. The minimum atomic E-state index is -0.166. The topological polar surface area (TPSA) is 53.4 Å². The van der Waals surface area contributed by atoms with Gasteiger partial charge < -0.3 is 9.47 Å². The average Bonchev–Trinajstić information content (AvgIpc) is 2.47. The van der Waals surface area contributed by atoms with Crippen molar-refractivity contribution >= 4 is 11.6 Å². The van der Waals surface area contributed by atoms with E-state index in [0.717, 1.165) is 5.69 Å². The first-order valence-electron chi connectivity index (χ1n) is 5.99. The Balaban J connectivity index is 2.64. The number of aryl methyl sites for hydroxylation is 1. The molecule has 0 aliphatic carbocycles. The first-order chi connectivity index (χ1) is 9.60. The van der Waals surface area contributed by atoms with E-state index in [1.165, 1.54) is 6.07 Å². The molecule has 1 aromatic carbocycles. The standard InChI is InChI=1S/C14H15ClN2O3/c1-9-6-13(18)11(8-15)16-17(9)12-5-4-10(19-2)7-14(12)20-3/h4-7H,8H2,1-3H3. The number of methoxy groups -OCH3 is 2. The van der Waals surface area contributed by atoms with Crippen LogP contribution in [0.3, 0.4) is 0 Å². The number of aromatic nitrogens is 2. The second-order valence-corrected chi connectivity index (χ2v) is 4.45. The van der Waals surface area contributed by atoms with Crippen molar-refractivity contribution in [2.24, 2.45) is 0 Å². The lowest BCUT2D eigenvalue weighted by Crippen LogP contribution is -2.18. The van der Waals surface area contributed by atoms with Gasteiger partial charge in [0.15, 0.2) is 0 Å². The molecule has 5 nitrogen and oxygen atoms in total. The van der Waals surface area contributed by atoms with Gasteiger partial charge in [0.05, 0.1) is 20.1 Å². The van der Waals surface area contributed by atoms with Crippen LogP contribution in [-0.2, 0) is 5.88 Å². The van der Waals surface area contributed by atoms with E-state index >= 15 is 0 Å². The lowest BCUT2D eigenvalue weighted by molar-refractivity contribution is 0.392. The average molecular weight is 295 g/mol. The van der Waals surface area contributed by atoms with Crippen LogP contribution in [-0.4, -0.2) is 24.0 Å². The summed E-state index contributed by atoms with van der Waals surface area (Å²) in [4.78, 5) is 11.7. The van der Waals surface area contributed by atoms with Gasteiger partial charge in [0, 0.05) is 17.8 Å². The van der Waals surface area contributed by atoms with Crippen LogP contribution in [0, 0.1) is 6.92 Å². The second-order valence-electron chi connectivity index (χ2n) is 4.18. The summed E-state index contributed by atoms with van der Waals surface area (Å²) in [5.74, 6) is 1.35. The summed E-state index contributed by atoms with van der Waals surface area (Å²) >= 11 is 5.74. The van der Waals surface area contributed by atoms with Crippen LogP contribution in [0.15, 0.2) is 29.1 Å². The SMILES string of the molecule is COc1ccc(-n2nc(CCl)c(=O)cc2C)c(OC)c1. The van der Waals surface area contributed by atoms with Crippen molar-refractivity contribution < 1.29 is 9.47 Å². The van der Waals surface area contributed by atoms with Crippen molar-refractivity contribution in [1.82, 2.24) is 9.78 Å². The quantitative estimate of drug-likeness (QED) is 0.812. The number of hydrogen-bond donors (Lipinski definition) is 0. The molecule has 2 aromatic rings. The minimum Gasteiger partial charge on any atom is -0.497 e. The number of rotatable bonds is 4. The van der Waals surface area contributed by atoms with Crippen LogP contribution in [0.25, 0.3) is 5.69 Å². The molecule has 0 unspecified atom stereocenters. The molecule has 106 valence electrons. The molecule has 0 spiro atoms. The monoisotopic (exact) mass is 294 g/mol. The highest BCUT2D eigenvalue weighted by Crippen LogP contribution is 2.27. The summed E-state index contributed by atoms with van der Waals surface area (Å²) < 4.78 is 12.1. The van der Waals surface area contributed by atoms with Gasteiger partial charge in [-0.05, 0) is 19.1 Å². The maximum absolute atomic E-state index is 11.7. The molecule has 0 bridgehead atoms. The molecule has 0 radical (unpaired) electrons. The predicted octanol–water partition coefficient (Wildman–Crippen LogP) is 2.30. The summed E-state index contributed by atoms with van der Waals surface area (Å²) in [5.41, 5.74) is 1.56. The fourth-order valence-electron chi connectivity index (χ4n) is 1.88. The van der Waals surface area contributed by atoms with Crippen molar-refractivity contribution in [1.29, 1.82) is 0 Å². The highest BCUT2D eigenvalue weighted by atomic mass is 35.5. The van der Waals surface area contributed by atoms with Gasteiger partial charge in [0.25, 0.3) is 0 Å². The number of ether oxygens (including phenoxy) is 2. The van der Waals surface area contributed by atoms with E-state index in [9.17, 15) is 4.79 Å². The van der Waals surface area contributed by atoms with Crippen LogP contribution in [0.4, 0.5) is 0 Å². The van der Waals surface area contributed by atoms with E-state index in [1.807, 2.05) is 6.07 Å². The second kappa shape index (κ2) is 5.96. The Labute approximate surface area is 121 Å². The smallest absolute Gasteiger partial charge is 0.204 e. The van der Waals surface area contributed by atoms with Gasteiger partial charge in [0.1, 0.15) is 22.9 Å². The molecule has 0 aliphatic rings. The van der Waals surface area contributed by atoms with Crippen molar-refractivity contribution in [2.75, 3.05) is 14.2 Å². The zero-order valence-electron chi connectivity index (χ0n) is 11.5. The van der Waals surface area contributed by atoms with Crippen molar-refractivity contribution in [2.45, 2.75) is 12.8 Å². The first kappa shape index (κ1) is 14.4. The molecule has 0 fully saturated rings. The number of alkyl halides is 1. The summed E-state index contributed by atoms with van der Waals surface area (Å²) in [5, 5.41) is 4.28. The number of halogens is 1. The van der Waals surface area contributed by atoms with Crippen molar-refractivity contribution in [3.05, 3.63) is 45.9 Å². The van der Waals surface area contributed by atoms with E-state index < -0.39 is 0 Å². The summed E-state index contributed by atoms with van der Waals surface area (Å²) in [6.45, 7) is 1.80. The van der Waals surface area contributed by atoms with Crippen LogP contribution in [0.5, 0.6) is 11.5 Å². The number of benzene rings is 1. The number of hydrogen-bond acceptors (Lipinski definition) is 4. The Kier molecular flexibility index (Phi) is 4.29. The molecule has 0 aliphatic heterocycles. The van der Waals surface area contributed by atoms with Gasteiger partial charge in [-0.25, -0.2) is 4.68 Å². The molecule has 0 amide bonds. The van der Waals surface area contributed by atoms with Gasteiger partial charge >= 0.3 is 0 Å². The van der Waals surface area contributed by atoms with Gasteiger partial charge in [-0.2, -0.15) is 5.10 Å². The lowest BCUT2D eigenvalue weighted by Gasteiger charge is -2.14. The Morgan fingerprint density at radius 1 is 1.25 bits per heavy atom. The summed E-state index contributed by atoms with van der Waals surface area (Å²) in [6.07, 6.45) is 0. The molecule has 0 N–H and O–H groups in total. The highest BCUT2D eigenvalue weighted by molar-refractivity contribution is 6.16. The molecule has 0 atom stereocenters. The zero-order chi connectivity index (χ0) is 14.7. The molecular weight excluding hydrogens is 280 g/mol. The highest BCUT2D eigenvalue weighted by Gasteiger charge is 2.12. The largest absolute Gasteiger partial charge is 0.497 e. The summed E-state index contributed by atoms with van der Waals surface area (Å²) in [6, 6.07) is 6.89. The van der Waals surface area contributed by atoms with Crippen LogP contribution < -0.4 is 14.9 Å². The zero-order valence-corrected chi connectivity index (χ0v) is 12.3. The molecule has 1 heterocycles.